The van der Waals surface area contributed by atoms with Crippen molar-refractivity contribution < 1.29 is 58.2 Å². The maximum atomic E-state index is 15.1. The Morgan fingerprint density at radius 1 is 0.506 bits per heavy atom. The van der Waals surface area contributed by atoms with Gasteiger partial charge in [-0.1, -0.05) is 109 Å². The molecule has 0 radical (unpaired) electrons. The van der Waals surface area contributed by atoms with Crippen LogP contribution >= 0.6 is 0 Å². The van der Waals surface area contributed by atoms with Crippen LogP contribution < -0.4 is 21.3 Å². The third kappa shape index (κ3) is 21.9. The molecular weight excluding hydrogens is 1090 g/mol. The number of amides is 10. The minimum atomic E-state index is -1.60. The molecule has 1 aliphatic rings. The van der Waals surface area contributed by atoms with Crippen molar-refractivity contribution in [3.63, 3.8) is 0 Å². The highest BCUT2D eigenvalue weighted by Gasteiger charge is 2.45. The van der Waals surface area contributed by atoms with E-state index in [0.29, 0.717) is 6.42 Å². The fourth-order valence-electron chi connectivity index (χ4n) is 10.7. The number of hydrogen-bond donors (Lipinski definition) is 6. The number of aliphatic hydroxyl groups is 2. The van der Waals surface area contributed by atoms with Gasteiger partial charge in [-0.05, 0) is 101 Å². The molecule has 0 saturated carbocycles. The molecule has 13 atom stereocenters. The summed E-state index contributed by atoms with van der Waals surface area (Å²) in [6, 6.07) is -11.9. The van der Waals surface area contributed by atoms with E-state index >= 15 is 14.4 Å². The molecule has 3 unspecified atom stereocenters. The van der Waals surface area contributed by atoms with Crippen LogP contribution in [0.25, 0.3) is 0 Å². The Bertz CT molecular complexity index is 2280. The van der Waals surface area contributed by atoms with Crippen LogP contribution in [0.4, 0.5) is 0 Å². The molecule has 0 spiro atoms. The molecule has 0 bridgehead atoms. The standard InChI is InChI=1S/C62H113N11O12/c1-25-27-28-40(15)52(75)51-56(79)64-43(26-2)58(81)67(18)33-48(74)68(19)42(17)53(76)66-49(38(11)12)61(84)69(20)45(30-35(5)6)55(78)65-44(29-34(3)4)54(77)63-41(16)57(80)70(21)46(31-36(7)8)59(82)71(22)47(32-37(9)10)60(83)72(23)50(39(13)14)62(85)73(51)24/h25,27,34-47,49-53,66,75-76H,26,28-33H2,1-24H3,(H,63,77)(H,64,79)(H,65,78)/b27-25+/t40-,41-,42?,43+,44?,45+,46+,47-,49+,50+,51+,52-,53?/m1/s1. The predicted molar refractivity (Wildman–Crippen MR) is 329 cm³/mol. The molecule has 0 aromatic carbocycles. The van der Waals surface area contributed by atoms with Crippen LogP contribution in [0.15, 0.2) is 12.2 Å². The number of carbonyl (C=O) groups is 10. The van der Waals surface area contributed by atoms with Gasteiger partial charge < -0.3 is 60.5 Å². The lowest BCUT2D eigenvalue weighted by Crippen LogP contribution is -2.63. The van der Waals surface area contributed by atoms with Gasteiger partial charge in [-0.3, -0.25) is 53.3 Å². The first-order valence-corrected chi connectivity index (χ1v) is 30.7. The maximum absolute atomic E-state index is 15.1. The summed E-state index contributed by atoms with van der Waals surface area (Å²) in [6.45, 7) is 29.7. The molecule has 6 N–H and O–H groups in total. The van der Waals surface area contributed by atoms with E-state index in [-0.39, 0.29) is 55.8 Å². The summed E-state index contributed by atoms with van der Waals surface area (Å²) in [5, 5.41) is 35.1. The molecule has 10 amide bonds. The van der Waals surface area contributed by atoms with Gasteiger partial charge >= 0.3 is 0 Å². The van der Waals surface area contributed by atoms with Crippen LogP contribution in [0.3, 0.4) is 0 Å². The van der Waals surface area contributed by atoms with E-state index < -0.39 is 156 Å². The van der Waals surface area contributed by atoms with Crippen LogP contribution in [0.2, 0.25) is 0 Å². The molecule has 1 aliphatic heterocycles. The van der Waals surface area contributed by atoms with E-state index in [0.717, 1.165) is 9.80 Å². The second kappa shape index (κ2) is 35.2. The van der Waals surface area contributed by atoms with E-state index in [9.17, 15) is 43.8 Å². The number of nitrogens with zero attached hydrogens (tertiary/aromatic N) is 7. The van der Waals surface area contributed by atoms with Crippen LogP contribution in [0.5, 0.6) is 0 Å². The minimum absolute atomic E-state index is 0.0369. The maximum Gasteiger partial charge on any atom is 0.246 e. The van der Waals surface area contributed by atoms with Gasteiger partial charge in [-0.25, -0.2) is 0 Å². The van der Waals surface area contributed by atoms with Gasteiger partial charge in [0.15, 0.2) is 0 Å². The summed E-state index contributed by atoms with van der Waals surface area (Å²) in [5.41, 5.74) is 0. The lowest BCUT2D eigenvalue weighted by Gasteiger charge is -2.41. The zero-order valence-electron chi connectivity index (χ0n) is 56.2. The molecule has 1 rings (SSSR count). The van der Waals surface area contributed by atoms with E-state index in [1.54, 1.807) is 61.5 Å². The van der Waals surface area contributed by atoms with Crippen molar-refractivity contribution in [2.45, 2.75) is 229 Å². The van der Waals surface area contributed by atoms with Crippen LogP contribution in [0, 0.1) is 41.4 Å². The second-order valence-electron chi connectivity index (χ2n) is 26.3. The van der Waals surface area contributed by atoms with Crippen molar-refractivity contribution in [2.24, 2.45) is 41.4 Å². The first-order valence-electron chi connectivity index (χ1n) is 30.7. The number of likely N-dealkylation sites (N-methyl/N-ethyl adjacent to an activating group) is 7. The predicted octanol–water partition coefficient (Wildman–Crippen LogP) is 3.06. The normalized spacial score (nSPS) is 27.9. The van der Waals surface area contributed by atoms with Crippen molar-refractivity contribution in [3.8, 4) is 0 Å². The quantitative estimate of drug-likeness (QED) is 0.129. The number of carbonyl (C=O) groups excluding carboxylic acids is 10. The average Bonchev–Trinajstić information content (AvgIpc) is 3.59. The summed E-state index contributed by atoms with van der Waals surface area (Å²) in [4.78, 5) is 155. The Morgan fingerprint density at radius 3 is 1.41 bits per heavy atom. The lowest BCUT2D eigenvalue weighted by atomic mass is 9.91. The zero-order valence-corrected chi connectivity index (χ0v) is 56.2. The van der Waals surface area contributed by atoms with E-state index in [2.05, 4.69) is 21.3 Å². The van der Waals surface area contributed by atoms with Crippen LogP contribution in [0.1, 0.15) is 156 Å². The molecule has 0 aromatic heterocycles. The lowest BCUT2D eigenvalue weighted by molar-refractivity contribution is -0.157. The zero-order chi connectivity index (χ0) is 66.0. The fourth-order valence-corrected chi connectivity index (χ4v) is 10.7. The monoisotopic (exact) mass is 1200 g/mol. The summed E-state index contributed by atoms with van der Waals surface area (Å²) >= 11 is 0. The summed E-state index contributed by atoms with van der Waals surface area (Å²) in [6.07, 6.45) is 1.60. The fraction of sp³-hybridized carbons (Fsp3) is 0.806. The Morgan fingerprint density at radius 2 is 0.953 bits per heavy atom. The number of hydrogen-bond acceptors (Lipinski definition) is 13. The van der Waals surface area contributed by atoms with Gasteiger partial charge in [0.1, 0.15) is 54.6 Å². The molecule has 23 nitrogen and oxygen atoms in total. The summed E-state index contributed by atoms with van der Waals surface area (Å²) in [5.74, 6) is -8.68. The topological polar surface area (TPSA) is 282 Å². The van der Waals surface area contributed by atoms with Crippen molar-refractivity contribution in [2.75, 3.05) is 55.9 Å². The highest BCUT2D eigenvalue weighted by molar-refractivity contribution is 5.98. The largest absolute Gasteiger partial charge is 0.390 e. The Balaban J connectivity index is 4.32. The van der Waals surface area contributed by atoms with Gasteiger partial charge in [-0.2, -0.15) is 0 Å². The third-order valence-corrected chi connectivity index (χ3v) is 16.3. The summed E-state index contributed by atoms with van der Waals surface area (Å²) in [7, 11) is 10.0. The molecule has 85 heavy (non-hydrogen) atoms. The smallest absolute Gasteiger partial charge is 0.246 e. The molecule has 1 saturated heterocycles. The molecule has 488 valence electrons. The molecule has 0 aromatic rings. The summed E-state index contributed by atoms with van der Waals surface area (Å²) < 4.78 is 0. The molecule has 1 fully saturated rings. The van der Waals surface area contributed by atoms with Gasteiger partial charge in [-0.15, -0.1) is 0 Å². The van der Waals surface area contributed by atoms with E-state index in [1.807, 2.05) is 61.5 Å². The number of allylic oxidation sites excluding steroid dienone is 2. The average molecular weight is 1200 g/mol. The van der Waals surface area contributed by atoms with Crippen LogP contribution in [-0.4, -0.2) is 232 Å². The molecular formula is C62H113N11O12. The van der Waals surface area contributed by atoms with Gasteiger partial charge in [0.05, 0.1) is 24.7 Å². The van der Waals surface area contributed by atoms with Crippen molar-refractivity contribution in [3.05, 3.63) is 12.2 Å². The first-order chi connectivity index (χ1) is 39.2. The third-order valence-electron chi connectivity index (χ3n) is 16.3. The molecule has 0 aliphatic carbocycles. The van der Waals surface area contributed by atoms with Gasteiger partial charge in [0.25, 0.3) is 0 Å². The first kappa shape index (κ1) is 77.3. The minimum Gasteiger partial charge on any atom is -0.390 e. The van der Waals surface area contributed by atoms with E-state index in [1.165, 1.54) is 80.8 Å². The van der Waals surface area contributed by atoms with Crippen molar-refractivity contribution in [1.29, 1.82) is 0 Å². The van der Waals surface area contributed by atoms with E-state index in [4.69, 9.17) is 0 Å². The van der Waals surface area contributed by atoms with Crippen molar-refractivity contribution >= 4 is 59.1 Å². The van der Waals surface area contributed by atoms with Gasteiger partial charge in [0.2, 0.25) is 59.1 Å². The van der Waals surface area contributed by atoms with Gasteiger partial charge in [0, 0.05) is 49.3 Å². The molecule has 1 heterocycles. The highest BCUT2D eigenvalue weighted by atomic mass is 16.3. The number of aliphatic hydroxyl groups excluding tert-OH is 2. The molecule has 23 heteroatoms. The second-order valence-corrected chi connectivity index (χ2v) is 26.3. The number of nitrogens with one attached hydrogen (secondary N) is 4. The van der Waals surface area contributed by atoms with Crippen LogP contribution in [-0.2, 0) is 47.9 Å². The van der Waals surface area contributed by atoms with Crippen molar-refractivity contribution in [1.82, 2.24) is 55.6 Å². The Hall–Kier alpha value is -5.68. The Labute approximate surface area is 509 Å². The Kier molecular flexibility index (Phi) is 32.0. The number of rotatable bonds is 15. The SMILES string of the molecule is C/C=C/C[C@@H](C)[C@@H](O)[C@H]1C(=O)N[C@@H](CC)C(=O)N(C)CC(=O)N(C)C(C)C(O)N[C@@H](C(C)C)C(=O)N(C)[C@@H](CC(C)C)C(=O)NC(CC(C)C)C(=O)N[C@H](C)C(=O)N(C)[C@@H](CC(C)C)C(=O)N(C)[C@H](CC(C)C)C(=O)N(C)[C@@H](C(C)C)C(=O)N1C. The highest BCUT2D eigenvalue weighted by Crippen LogP contribution is 2.26.